The number of nitrogens with zero attached hydrogens (tertiary/aromatic N) is 6. The standard InChI is InChI=1S/C27H27F2N9O3/c1-2-22(39)33-18-7-5-16(6-8-18)24(40)37-9-3-4-19(15-37)34-26-35-21-14-30-23(17-12-31-32-13-17)25(38(21)36-26)41-20-10-27(28,29)11-20/h2,5-8,12-14,19-20H,1,3-4,9-11,15H2,(H,31,32)(H,33,39)(H,34,36)/t19-/m1/s1. The number of aromatic amines is 1. The molecule has 1 aliphatic carbocycles. The molecule has 0 spiro atoms. The summed E-state index contributed by atoms with van der Waals surface area (Å²) in [5.41, 5.74) is 2.49. The summed E-state index contributed by atoms with van der Waals surface area (Å²) in [6, 6.07) is 6.57. The molecule has 1 aromatic carbocycles. The molecule has 1 atom stereocenters. The van der Waals surface area contributed by atoms with E-state index in [2.05, 4.69) is 42.5 Å². The van der Waals surface area contributed by atoms with Gasteiger partial charge in [-0.3, -0.25) is 14.7 Å². The highest BCUT2D eigenvalue weighted by molar-refractivity contribution is 5.99. The van der Waals surface area contributed by atoms with Gasteiger partial charge in [-0.1, -0.05) is 6.58 Å². The molecule has 0 radical (unpaired) electrons. The second kappa shape index (κ2) is 10.6. The number of halogens is 2. The highest BCUT2D eigenvalue weighted by Gasteiger charge is 2.47. The number of carbonyl (C=O) groups is 2. The quantitative estimate of drug-likeness (QED) is 0.277. The van der Waals surface area contributed by atoms with Crippen molar-refractivity contribution in [1.29, 1.82) is 0 Å². The predicted molar refractivity (Wildman–Crippen MR) is 145 cm³/mol. The lowest BCUT2D eigenvalue weighted by molar-refractivity contribution is -0.135. The number of benzene rings is 1. The van der Waals surface area contributed by atoms with Crippen molar-refractivity contribution in [3.8, 4) is 17.1 Å². The van der Waals surface area contributed by atoms with Gasteiger partial charge < -0.3 is 20.3 Å². The van der Waals surface area contributed by atoms with E-state index < -0.39 is 12.0 Å². The number of aromatic nitrogens is 6. The number of piperidine rings is 1. The number of rotatable bonds is 8. The van der Waals surface area contributed by atoms with E-state index >= 15 is 0 Å². The number of anilines is 2. The van der Waals surface area contributed by atoms with E-state index in [1.54, 1.807) is 41.6 Å². The second-order valence-electron chi connectivity index (χ2n) is 10.1. The Bertz CT molecular complexity index is 1580. The van der Waals surface area contributed by atoms with Gasteiger partial charge in [0.25, 0.3) is 11.8 Å². The van der Waals surface area contributed by atoms with Gasteiger partial charge >= 0.3 is 0 Å². The first-order chi connectivity index (χ1) is 19.8. The van der Waals surface area contributed by atoms with E-state index in [9.17, 15) is 18.4 Å². The maximum atomic E-state index is 13.5. The van der Waals surface area contributed by atoms with Crippen molar-refractivity contribution in [1.82, 2.24) is 34.7 Å². The molecule has 1 aliphatic heterocycles. The molecule has 2 amide bonds. The minimum absolute atomic E-state index is 0.118. The fraction of sp³-hybridized carbons (Fsp3) is 0.333. The lowest BCUT2D eigenvalue weighted by Gasteiger charge is -2.34. The van der Waals surface area contributed by atoms with Crippen LogP contribution in [0.2, 0.25) is 0 Å². The van der Waals surface area contributed by atoms with Gasteiger partial charge in [-0.05, 0) is 43.2 Å². The summed E-state index contributed by atoms with van der Waals surface area (Å²) in [6.07, 6.45) is 6.03. The van der Waals surface area contributed by atoms with Crippen molar-refractivity contribution in [2.75, 3.05) is 23.7 Å². The number of ether oxygens (including phenoxy) is 1. The number of nitrogens with one attached hydrogen (secondary N) is 3. The van der Waals surface area contributed by atoms with Gasteiger partial charge in [0, 0.05) is 55.0 Å². The average Bonchev–Trinajstić information content (AvgIpc) is 3.63. The zero-order valence-corrected chi connectivity index (χ0v) is 21.9. The second-order valence-corrected chi connectivity index (χ2v) is 10.1. The van der Waals surface area contributed by atoms with E-state index in [1.165, 1.54) is 16.8 Å². The Morgan fingerprint density at radius 2 is 2.00 bits per heavy atom. The largest absolute Gasteiger partial charge is 0.472 e. The van der Waals surface area contributed by atoms with Crippen LogP contribution in [0.15, 0.2) is 55.5 Å². The van der Waals surface area contributed by atoms with E-state index in [4.69, 9.17) is 4.74 Å². The zero-order valence-electron chi connectivity index (χ0n) is 21.9. The smallest absolute Gasteiger partial charge is 0.255 e. The topological polar surface area (TPSA) is 142 Å². The molecule has 2 fully saturated rings. The highest BCUT2D eigenvalue weighted by atomic mass is 19.3. The fourth-order valence-corrected chi connectivity index (χ4v) is 4.96. The van der Waals surface area contributed by atoms with Gasteiger partial charge in [-0.25, -0.2) is 13.8 Å². The molecule has 1 saturated carbocycles. The third kappa shape index (κ3) is 5.58. The minimum atomic E-state index is -2.75. The molecule has 4 heterocycles. The Balaban J connectivity index is 1.18. The molecule has 3 aromatic heterocycles. The average molecular weight is 564 g/mol. The van der Waals surface area contributed by atoms with Crippen molar-refractivity contribution >= 4 is 29.1 Å². The van der Waals surface area contributed by atoms with Crippen LogP contribution < -0.4 is 15.4 Å². The molecule has 4 aromatic rings. The summed E-state index contributed by atoms with van der Waals surface area (Å²) >= 11 is 0. The third-order valence-electron chi connectivity index (χ3n) is 7.07. The van der Waals surface area contributed by atoms with Crippen LogP contribution >= 0.6 is 0 Å². The first-order valence-electron chi connectivity index (χ1n) is 13.2. The van der Waals surface area contributed by atoms with Crippen LogP contribution in [0.1, 0.15) is 36.0 Å². The summed E-state index contributed by atoms with van der Waals surface area (Å²) < 4.78 is 34.4. The van der Waals surface area contributed by atoms with Gasteiger partial charge in [0.15, 0.2) is 5.65 Å². The molecular formula is C27H27F2N9O3. The van der Waals surface area contributed by atoms with E-state index in [0.29, 0.717) is 47.2 Å². The Labute approximate surface area is 232 Å². The molecule has 6 rings (SSSR count). The first kappa shape index (κ1) is 26.3. The van der Waals surface area contributed by atoms with Crippen molar-refractivity contribution < 1.29 is 23.1 Å². The van der Waals surface area contributed by atoms with Crippen molar-refractivity contribution in [3.63, 3.8) is 0 Å². The zero-order chi connectivity index (χ0) is 28.6. The van der Waals surface area contributed by atoms with Crippen LogP contribution in [0.4, 0.5) is 20.4 Å². The van der Waals surface area contributed by atoms with Gasteiger partial charge in [-0.2, -0.15) is 14.6 Å². The van der Waals surface area contributed by atoms with Crippen LogP contribution in [0.5, 0.6) is 5.88 Å². The molecule has 3 N–H and O–H groups in total. The molecule has 212 valence electrons. The molecule has 2 aliphatic rings. The van der Waals surface area contributed by atoms with Crippen LogP contribution in [-0.4, -0.2) is 77.7 Å². The van der Waals surface area contributed by atoms with Gasteiger partial charge in [0.2, 0.25) is 17.7 Å². The number of likely N-dealkylation sites (tertiary alicyclic amines) is 1. The summed E-state index contributed by atoms with van der Waals surface area (Å²) in [4.78, 5) is 35.4. The minimum Gasteiger partial charge on any atom is -0.472 e. The van der Waals surface area contributed by atoms with Crippen LogP contribution in [0.25, 0.3) is 16.9 Å². The maximum Gasteiger partial charge on any atom is 0.255 e. The third-order valence-corrected chi connectivity index (χ3v) is 7.07. The van der Waals surface area contributed by atoms with Gasteiger partial charge in [-0.15, -0.1) is 5.10 Å². The van der Waals surface area contributed by atoms with E-state index in [0.717, 1.165) is 12.8 Å². The lowest BCUT2D eigenvalue weighted by atomic mass is 9.91. The molecule has 14 heteroatoms. The van der Waals surface area contributed by atoms with Crippen molar-refractivity contribution in [2.24, 2.45) is 0 Å². The SMILES string of the molecule is C=CC(=O)Nc1ccc(C(=O)N2CCC[C@@H](Nc3nc4cnc(-c5cn[nH]c5)c(OC5CC(F)(F)C5)n4n3)C2)cc1. The van der Waals surface area contributed by atoms with Crippen LogP contribution in [0.3, 0.4) is 0 Å². The van der Waals surface area contributed by atoms with E-state index in [1.807, 2.05) is 0 Å². The molecule has 0 bridgehead atoms. The molecular weight excluding hydrogens is 536 g/mol. The number of fused-ring (bicyclic) bond motifs is 1. The van der Waals surface area contributed by atoms with Gasteiger partial charge in [0.1, 0.15) is 11.8 Å². The number of hydrogen-bond donors (Lipinski definition) is 3. The Hall–Kier alpha value is -4.88. The van der Waals surface area contributed by atoms with Crippen molar-refractivity contribution in [3.05, 3.63) is 61.1 Å². The fourth-order valence-electron chi connectivity index (χ4n) is 4.96. The van der Waals surface area contributed by atoms with E-state index in [-0.39, 0.29) is 36.6 Å². The Morgan fingerprint density at radius 1 is 1.20 bits per heavy atom. The lowest BCUT2D eigenvalue weighted by Crippen LogP contribution is -2.45. The highest BCUT2D eigenvalue weighted by Crippen LogP contribution is 2.41. The predicted octanol–water partition coefficient (Wildman–Crippen LogP) is 3.53. The maximum absolute atomic E-state index is 13.5. The van der Waals surface area contributed by atoms with Crippen molar-refractivity contribution in [2.45, 2.75) is 43.8 Å². The summed E-state index contributed by atoms with van der Waals surface area (Å²) in [5.74, 6) is -2.68. The molecule has 0 unspecified atom stereocenters. The summed E-state index contributed by atoms with van der Waals surface area (Å²) in [5, 5.41) is 17.2. The Morgan fingerprint density at radius 3 is 2.71 bits per heavy atom. The number of carbonyl (C=O) groups excluding carboxylic acids is 2. The number of H-pyrrole nitrogens is 1. The number of amides is 2. The molecule has 1 saturated heterocycles. The normalized spacial score (nSPS) is 18.5. The molecule has 12 nitrogen and oxygen atoms in total. The van der Waals surface area contributed by atoms with Crippen LogP contribution in [-0.2, 0) is 4.79 Å². The number of alkyl halides is 2. The summed E-state index contributed by atoms with van der Waals surface area (Å²) in [6.45, 7) is 4.46. The molecule has 41 heavy (non-hydrogen) atoms. The first-order valence-corrected chi connectivity index (χ1v) is 13.2. The van der Waals surface area contributed by atoms with Crippen LogP contribution in [0, 0.1) is 0 Å². The Kier molecular flexibility index (Phi) is 6.81. The monoisotopic (exact) mass is 563 g/mol. The summed E-state index contributed by atoms with van der Waals surface area (Å²) in [7, 11) is 0. The number of hydrogen-bond acceptors (Lipinski definition) is 8. The van der Waals surface area contributed by atoms with Gasteiger partial charge in [0.05, 0.1) is 12.4 Å².